The van der Waals surface area contributed by atoms with E-state index in [0.717, 1.165) is 29.0 Å². The Morgan fingerprint density at radius 2 is 2.05 bits per heavy atom. The number of rotatable bonds is 3. The smallest absolute Gasteiger partial charge is 0.179 e. The van der Waals surface area contributed by atoms with Crippen LogP contribution in [0.2, 0.25) is 5.02 Å². The molecule has 0 saturated carbocycles. The van der Waals surface area contributed by atoms with Crippen molar-refractivity contribution >= 4 is 35.0 Å². The SMILES string of the molecule is S=c1[nH]c2cc(Cl)cnc2n1CCN1CCCCC1. The molecule has 0 aromatic carbocycles. The van der Waals surface area contributed by atoms with Crippen LogP contribution in [-0.2, 0) is 6.54 Å². The first-order valence-electron chi connectivity index (χ1n) is 6.70. The lowest BCUT2D eigenvalue weighted by molar-refractivity contribution is 0.221. The van der Waals surface area contributed by atoms with Crippen LogP contribution in [-0.4, -0.2) is 39.1 Å². The summed E-state index contributed by atoms with van der Waals surface area (Å²) < 4.78 is 2.79. The minimum atomic E-state index is 0.631. The Labute approximate surface area is 122 Å². The molecule has 3 heterocycles. The number of fused-ring (bicyclic) bond motifs is 1. The number of nitrogens with one attached hydrogen (secondary N) is 1. The summed E-state index contributed by atoms with van der Waals surface area (Å²) in [6.07, 6.45) is 5.66. The standard InChI is InChI=1S/C13H17ClN4S/c14-10-8-11-12(15-9-10)18(13(19)16-11)7-6-17-4-2-1-3-5-17/h8-9H,1-7H2,(H,16,19). The van der Waals surface area contributed by atoms with E-state index in [-0.39, 0.29) is 0 Å². The molecule has 1 saturated heterocycles. The number of nitrogens with zero attached hydrogens (tertiary/aromatic N) is 3. The van der Waals surface area contributed by atoms with Crippen LogP contribution < -0.4 is 0 Å². The summed E-state index contributed by atoms with van der Waals surface area (Å²) in [6.45, 7) is 4.32. The zero-order valence-electron chi connectivity index (χ0n) is 10.7. The van der Waals surface area contributed by atoms with Crippen LogP contribution in [0.1, 0.15) is 19.3 Å². The van der Waals surface area contributed by atoms with E-state index in [9.17, 15) is 0 Å². The topological polar surface area (TPSA) is 36.9 Å². The van der Waals surface area contributed by atoms with Gasteiger partial charge in [-0.2, -0.15) is 0 Å². The van der Waals surface area contributed by atoms with Gasteiger partial charge in [0, 0.05) is 19.3 Å². The van der Waals surface area contributed by atoms with Crippen molar-refractivity contribution in [2.45, 2.75) is 25.8 Å². The maximum absolute atomic E-state index is 5.95. The minimum Gasteiger partial charge on any atom is -0.329 e. The van der Waals surface area contributed by atoms with Crippen molar-refractivity contribution < 1.29 is 0 Å². The fourth-order valence-electron chi connectivity index (χ4n) is 2.65. The van der Waals surface area contributed by atoms with Crippen LogP contribution in [0, 0.1) is 4.77 Å². The van der Waals surface area contributed by atoms with Crippen molar-refractivity contribution in [1.82, 2.24) is 19.4 Å². The molecule has 1 aliphatic rings. The van der Waals surface area contributed by atoms with Crippen molar-refractivity contribution in [1.29, 1.82) is 0 Å². The number of H-pyrrole nitrogens is 1. The van der Waals surface area contributed by atoms with Gasteiger partial charge in [0.15, 0.2) is 10.4 Å². The summed E-state index contributed by atoms with van der Waals surface area (Å²) in [5.74, 6) is 0. The van der Waals surface area contributed by atoms with Crippen molar-refractivity contribution in [2.75, 3.05) is 19.6 Å². The summed E-state index contributed by atoms with van der Waals surface area (Å²) in [5.41, 5.74) is 1.81. The highest BCUT2D eigenvalue weighted by Crippen LogP contribution is 2.17. The molecule has 1 fully saturated rings. The lowest BCUT2D eigenvalue weighted by atomic mass is 10.1. The molecule has 3 rings (SSSR count). The first-order chi connectivity index (χ1) is 9.24. The Hall–Kier alpha value is -0.910. The molecule has 0 unspecified atom stereocenters. The second-order valence-electron chi connectivity index (χ2n) is 5.01. The van der Waals surface area contributed by atoms with E-state index in [1.165, 1.54) is 32.4 Å². The Morgan fingerprint density at radius 3 is 2.84 bits per heavy atom. The molecule has 0 radical (unpaired) electrons. The van der Waals surface area contributed by atoms with Crippen molar-refractivity contribution in [3.05, 3.63) is 22.1 Å². The van der Waals surface area contributed by atoms with Crippen LogP contribution in [0.4, 0.5) is 0 Å². The van der Waals surface area contributed by atoms with E-state index < -0.39 is 0 Å². The summed E-state index contributed by atoms with van der Waals surface area (Å²) in [5, 5.41) is 0.631. The van der Waals surface area contributed by atoms with Gasteiger partial charge < -0.3 is 14.5 Å². The van der Waals surface area contributed by atoms with E-state index in [0.29, 0.717) is 5.02 Å². The summed E-state index contributed by atoms with van der Waals surface area (Å²) in [4.78, 5) is 10.0. The third kappa shape index (κ3) is 2.83. The van der Waals surface area contributed by atoms with Gasteiger partial charge in [-0.1, -0.05) is 18.0 Å². The highest BCUT2D eigenvalue weighted by Gasteiger charge is 2.11. The second-order valence-corrected chi connectivity index (χ2v) is 5.83. The summed E-state index contributed by atoms with van der Waals surface area (Å²) >= 11 is 11.3. The highest BCUT2D eigenvalue weighted by atomic mass is 35.5. The van der Waals surface area contributed by atoms with Gasteiger partial charge in [-0.05, 0) is 44.2 Å². The monoisotopic (exact) mass is 296 g/mol. The molecule has 19 heavy (non-hydrogen) atoms. The van der Waals surface area contributed by atoms with E-state index in [4.69, 9.17) is 23.8 Å². The molecule has 102 valence electrons. The van der Waals surface area contributed by atoms with Crippen molar-refractivity contribution in [2.24, 2.45) is 0 Å². The maximum atomic E-state index is 5.95. The van der Waals surface area contributed by atoms with Crippen LogP contribution >= 0.6 is 23.8 Å². The Bertz CT molecular complexity index is 627. The Morgan fingerprint density at radius 1 is 1.26 bits per heavy atom. The number of hydrogen-bond acceptors (Lipinski definition) is 3. The Balaban J connectivity index is 1.80. The zero-order chi connectivity index (χ0) is 13.2. The van der Waals surface area contributed by atoms with Crippen LogP contribution in [0.5, 0.6) is 0 Å². The largest absolute Gasteiger partial charge is 0.329 e. The number of halogens is 1. The summed E-state index contributed by atoms with van der Waals surface area (Å²) in [7, 11) is 0. The van der Waals surface area contributed by atoms with Gasteiger partial charge in [-0.15, -0.1) is 0 Å². The fraction of sp³-hybridized carbons (Fsp3) is 0.538. The predicted octanol–water partition coefficient (Wildman–Crippen LogP) is 3.23. The molecule has 1 N–H and O–H groups in total. The number of pyridine rings is 1. The number of piperidine rings is 1. The molecular formula is C13H17ClN4S. The molecular weight excluding hydrogens is 280 g/mol. The lowest BCUT2D eigenvalue weighted by Crippen LogP contribution is -2.32. The van der Waals surface area contributed by atoms with E-state index in [2.05, 4.69) is 19.4 Å². The van der Waals surface area contributed by atoms with Gasteiger partial charge in [0.25, 0.3) is 0 Å². The minimum absolute atomic E-state index is 0.631. The normalized spacial score (nSPS) is 17.1. The molecule has 4 nitrogen and oxygen atoms in total. The molecule has 0 amide bonds. The van der Waals surface area contributed by atoms with Gasteiger partial charge in [0.2, 0.25) is 0 Å². The van der Waals surface area contributed by atoms with Crippen molar-refractivity contribution in [3.8, 4) is 0 Å². The average molecular weight is 297 g/mol. The molecule has 0 aliphatic carbocycles. The molecule has 0 atom stereocenters. The number of hydrogen-bond donors (Lipinski definition) is 1. The third-order valence-electron chi connectivity index (χ3n) is 3.66. The quantitative estimate of drug-likeness (QED) is 0.884. The number of aromatic amines is 1. The van der Waals surface area contributed by atoms with Gasteiger partial charge in [-0.25, -0.2) is 4.98 Å². The molecule has 6 heteroatoms. The second kappa shape index (κ2) is 5.61. The van der Waals surface area contributed by atoms with Crippen molar-refractivity contribution in [3.63, 3.8) is 0 Å². The molecule has 0 spiro atoms. The fourth-order valence-corrected chi connectivity index (χ4v) is 3.10. The van der Waals surface area contributed by atoms with E-state index in [1.807, 2.05) is 6.07 Å². The number of imidazole rings is 1. The molecule has 0 bridgehead atoms. The van der Waals surface area contributed by atoms with Gasteiger partial charge >= 0.3 is 0 Å². The zero-order valence-corrected chi connectivity index (χ0v) is 12.3. The van der Waals surface area contributed by atoms with Gasteiger partial charge in [0.05, 0.1) is 10.5 Å². The highest BCUT2D eigenvalue weighted by molar-refractivity contribution is 7.71. The number of likely N-dealkylation sites (tertiary alicyclic amines) is 1. The number of aromatic nitrogens is 3. The van der Waals surface area contributed by atoms with Crippen LogP contribution in [0.25, 0.3) is 11.2 Å². The third-order valence-corrected chi connectivity index (χ3v) is 4.19. The summed E-state index contributed by atoms with van der Waals surface area (Å²) in [6, 6.07) is 1.87. The van der Waals surface area contributed by atoms with Gasteiger partial charge in [0.1, 0.15) is 0 Å². The first-order valence-corrected chi connectivity index (χ1v) is 7.49. The van der Waals surface area contributed by atoms with E-state index in [1.54, 1.807) is 6.20 Å². The van der Waals surface area contributed by atoms with Crippen LogP contribution in [0.15, 0.2) is 12.3 Å². The lowest BCUT2D eigenvalue weighted by Gasteiger charge is -2.26. The predicted molar refractivity (Wildman–Crippen MR) is 80.2 cm³/mol. The Kier molecular flexibility index (Phi) is 3.86. The molecule has 1 aliphatic heterocycles. The van der Waals surface area contributed by atoms with Gasteiger partial charge in [-0.3, -0.25) is 0 Å². The maximum Gasteiger partial charge on any atom is 0.179 e. The average Bonchev–Trinajstić information content (AvgIpc) is 2.72. The first kappa shape index (κ1) is 13.1. The molecule has 2 aromatic heterocycles. The van der Waals surface area contributed by atoms with E-state index >= 15 is 0 Å². The van der Waals surface area contributed by atoms with Crippen LogP contribution in [0.3, 0.4) is 0 Å². The molecule has 2 aromatic rings.